The van der Waals surface area contributed by atoms with Gasteiger partial charge in [0.25, 0.3) is 0 Å². The van der Waals surface area contributed by atoms with Crippen molar-refractivity contribution < 1.29 is 9.84 Å². The normalized spacial score (nSPS) is 10.9. The van der Waals surface area contributed by atoms with Crippen molar-refractivity contribution in [3.8, 4) is 5.75 Å². The Morgan fingerprint density at radius 2 is 2.00 bits per heavy atom. The Hall–Kier alpha value is -1.36. The van der Waals surface area contributed by atoms with Crippen LogP contribution in [0.5, 0.6) is 5.75 Å². The average Bonchev–Trinajstić information content (AvgIpc) is 2.90. The number of aliphatic hydroxyl groups excluding tert-OH is 1. The topological polar surface area (TPSA) is 29.5 Å². The summed E-state index contributed by atoms with van der Waals surface area (Å²) < 4.78 is 6.94. The van der Waals surface area contributed by atoms with Gasteiger partial charge in [0, 0.05) is 20.3 Å². The lowest BCUT2D eigenvalue weighted by molar-refractivity contribution is 0.262. The third-order valence-corrected chi connectivity index (χ3v) is 4.82. The van der Waals surface area contributed by atoms with E-state index < -0.39 is 0 Å². The van der Waals surface area contributed by atoms with Crippen LogP contribution in [0.25, 0.3) is 10.8 Å². The van der Waals surface area contributed by atoms with E-state index in [0.29, 0.717) is 6.61 Å². The molecule has 2 aromatic carbocycles. The number of thiophene rings is 1. The first-order valence-electron chi connectivity index (χ1n) is 6.25. The summed E-state index contributed by atoms with van der Waals surface area (Å²) >= 11 is 5.09. The van der Waals surface area contributed by atoms with Crippen molar-refractivity contribution in [2.45, 2.75) is 13.2 Å². The second kappa shape index (κ2) is 5.95. The van der Waals surface area contributed by atoms with Crippen LogP contribution >= 0.6 is 27.3 Å². The van der Waals surface area contributed by atoms with E-state index in [2.05, 4.69) is 15.9 Å². The minimum Gasteiger partial charge on any atom is -0.488 e. The highest BCUT2D eigenvalue weighted by molar-refractivity contribution is 9.10. The standard InChI is InChI=1S/C16H13BrO2S/c17-12-7-13(20-10-12)9-19-16-6-5-11-3-1-2-4-14(11)15(16)8-18/h1-7,10,18H,8-9H2. The fourth-order valence-corrected chi connectivity index (χ4v) is 3.55. The van der Waals surface area contributed by atoms with Crippen LogP contribution in [0.3, 0.4) is 0 Å². The number of ether oxygens (including phenoxy) is 1. The van der Waals surface area contributed by atoms with Gasteiger partial charge in [-0.3, -0.25) is 0 Å². The Balaban J connectivity index is 1.91. The smallest absolute Gasteiger partial charge is 0.126 e. The predicted octanol–water partition coefficient (Wildman–Crippen LogP) is 4.74. The summed E-state index contributed by atoms with van der Waals surface area (Å²) in [5.41, 5.74) is 0.846. The third-order valence-electron chi connectivity index (χ3n) is 3.15. The molecule has 1 aromatic heterocycles. The molecule has 102 valence electrons. The van der Waals surface area contributed by atoms with Gasteiger partial charge in [-0.15, -0.1) is 11.3 Å². The van der Waals surface area contributed by atoms with E-state index in [-0.39, 0.29) is 6.61 Å². The fourth-order valence-electron chi connectivity index (χ4n) is 2.19. The van der Waals surface area contributed by atoms with Crippen LogP contribution in [0.15, 0.2) is 52.3 Å². The van der Waals surface area contributed by atoms with Crippen LogP contribution in [0.2, 0.25) is 0 Å². The Morgan fingerprint density at radius 1 is 1.15 bits per heavy atom. The Morgan fingerprint density at radius 3 is 2.75 bits per heavy atom. The maximum Gasteiger partial charge on any atom is 0.126 e. The highest BCUT2D eigenvalue weighted by atomic mass is 79.9. The molecule has 2 nitrogen and oxygen atoms in total. The summed E-state index contributed by atoms with van der Waals surface area (Å²) in [4.78, 5) is 1.15. The van der Waals surface area contributed by atoms with Crippen LogP contribution in [0.1, 0.15) is 10.4 Å². The lowest BCUT2D eigenvalue weighted by Gasteiger charge is -2.12. The molecule has 4 heteroatoms. The first kappa shape index (κ1) is 13.6. The Labute approximate surface area is 129 Å². The number of hydrogen-bond acceptors (Lipinski definition) is 3. The SMILES string of the molecule is OCc1c(OCc2cc(Br)cs2)ccc2ccccc12. The molecule has 0 spiro atoms. The van der Waals surface area contributed by atoms with Gasteiger partial charge in [0.15, 0.2) is 0 Å². The monoisotopic (exact) mass is 348 g/mol. The third kappa shape index (κ3) is 2.73. The van der Waals surface area contributed by atoms with E-state index in [0.717, 1.165) is 31.4 Å². The molecule has 0 atom stereocenters. The second-order valence-electron chi connectivity index (χ2n) is 4.44. The summed E-state index contributed by atoms with van der Waals surface area (Å²) in [6.07, 6.45) is 0. The molecule has 0 bridgehead atoms. The van der Waals surface area contributed by atoms with Gasteiger partial charge in [-0.2, -0.15) is 0 Å². The van der Waals surface area contributed by atoms with E-state index in [4.69, 9.17) is 4.74 Å². The molecule has 0 amide bonds. The quantitative estimate of drug-likeness (QED) is 0.738. The van der Waals surface area contributed by atoms with Gasteiger partial charge in [0.1, 0.15) is 12.4 Å². The summed E-state index contributed by atoms with van der Waals surface area (Å²) in [5.74, 6) is 0.746. The zero-order chi connectivity index (χ0) is 13.9. The van der Waals surface area contributed by atoms with Gasteiger partial charge >= 0.3 is 0 Å². The molecule has 3 aromatic rings. The number of halogens is 1. The lowest BCUT2D eigenvalue weighted by Crippen LogP contribution is -1.98. The average molecular weight is 349 g/mol. The molecule has 20 heavy (non-hydrogen) atoms. The van der Waals surface area contributed by atoms with Crippen molar-refractivity contribution in [1.82, 2.24) is 0 Å². The van der Waals surface area contributed by atoms with Crippen molar-refractivity contribution in [1.29, 1.82) is 0 Å². The van der Waals surface area contributed by atoms with Gasteiger partial charge in [0.05, 0.1) is 6.61 Å². The van der Waals surface area contributed by atoms with E-state index in [1.165, 1.54) is 0 Å². The van der Waals surface area contributed by atoms with Crippen LogP contribution in [0.4, 0.5) is 0 Å². The number of benzene rings is 2. The van der Waals surface area contributed by atoms with Crippen molar-refractivity contribution in [3.05, 3.63) is 62.8 Å². The molecular weight excluding hydrogens is 336 g/mol. The van der Waals surface area contributed by atoms with E-state index in [9.17, 15) is 5.11 Å². The molecule has 1 N–H and O–H groups in total. The van der Waals surface area contributed by atoms with Gasteiger partial charge in [-0.1, -0.05) is 30.3 Å². The minimum absolute atomic E-state index is 0.0230. The highest BCUT2D eigenvalue weighted by Gasteiger charge is 2.08. The summed E-state index contributed by atoms with van der Waals surface area (Å²) in [7, 11) is 0. The molecule has 0 radical (unpaired) electrons. The van der Waals surface area contributed by atoms with Crippen LogP contribution in [0, 0.1) is 0 Å². The maximum atomic E-state index is 9.63. The summed E-state index contributed by atoms with van der Waals surface area (Å²) in [6.45, 7) is 0.492. The maximum absolute atomic E-state index is 9.63. The minimum atomic E-state index is -0.0230. The number of aliphatic hydroxyl groups is 1. The Kier molecular flexibility index (Phi) is 4.05. The molecule has 0 aliphatic carbocycles. The largest absolute Gasteiger partial charge is 0.488 e. The van der Waals surface area contributed by atoms with E-state index >= 15 is 0 Å². The van der Waals surface area contributed by atoms with Gasteiger partial charge < -0.3 is 9.84 Å². The lowest BCUT2D eigenvalue weighted by atomic mass is 10.0. The fraction of sp³-hybridized carbons (Fsp3) is 0.125. The first-order chi connectivity index (χ1) is 9.78. The molecule has 0 unspecified atom stereocenters. The molecule has 3 rings (SSSR count). The van der Waals surface area contributed by atoms with Crippen molar-refractivity contribution in [2.24, 2.45) is 0 Å². The molecule has 0 saturated heterocycles. The molecular formula is C16H13BrO2S. The van der Waals surface area contributed by atoms with Crippen LogP contribution < -0.4 is 4.74 Å². The van der Waals surface area contributed by atoms with Crippen molar-refractivity contribution in [2.75, 3.05) is 0 Å². The molecule has 1 heterocycles. The Bertz CT molecular complexity index is 736. The molecule has 0 aliphatic rings. The zero-order valence-electron chi connectivity index (χ0n) is 10.7. The zero-order valence-corrected chi connectivity index (χ0v) is 13.1. The number of fused-ring (bicyclic) bond motifs is 1. The van der Waals surface area contributed by atoms with E-state index in [1.54, 1.807) is 11.3 Å². The van der Waals surface area contributed by atoms with Crippen LogP contribution in [-0.4, -0.2) is 5.11 Å². The summed E-state index contributed by atoms with van der Waals surface area (Å²) in [5, 5.41) is 13.8. The van der Waals surface area contributed by atoms with Gasteiger partial charge in [-0.25, -0.2) is 0 Å². The van der Waals surface area contributed by atoms with Crippen LogP contribution in [-0.2, 0) is 13.2 Å². The highest BCUT2D eigenvalue weighted by Crippen LogP contribution is 2.29. The summed E-state index contributed by atoms with van der Waals surface area (Å²) in [6, 6.07) is 14.0. The second-order valence-corrected chi connectivity index (χ2v) is 6.35. The number of hydrogen-bond donors (Lipinski definition) is 1. The number of rotatable bonds is 4. The molecule has 0 fully saturated rings. The van der Waals surface area contributed by atoms with E-state index in [1.807, 2.05) is 47.8 Å². The van der Waals surface area contributed by atoms with Gasteiger partial charge in [-0.05, 0) is 38.8 Å². The molecule has 0 saturated carbocycles. The van der Waals surface area contributed by atoms with Crippen molar-refractivity contribution >= 4 is 38.0 Å². The molecule has 0 aliphatic heterocycles. The first-order valence-corrected chi connectivity index (χ1v) is 7.92. The van der Waals surface area contributed by atoms with Gasteiger partial charge in [0.2, 0.25) is 0 Å². The van der Waals surface area contributed by atoms with Crippen molar-refractivity contribution in [3.63, 3.8) is 0 Å². The predicted molar refractivity (Wildman–Crippen MR) is 86.2 cm³/mol.